The second-order valence-electron chi connectivity index (χ2n) is 4.87. The van der Waals surface area contributed by atoms with E-state index in [4.69, 9.17) is 12.2 Å². The second kappa shape index (κ2) is 5.48. The molecule has 1 atom stereocenters. The van der Waals surface area contributed by atoms with Crippen LogP contribution in [-0.2, 0) is 16.9 Å². The van der Waals surface area contributed by atoms with Gasteiger partial charge in [0.05, 0.1) is 5.54 Å². The normalized spacial score (nSPS) is 18.7. The molecule has 1 unspecified atom stereocenters. The van der Waals surface area contributed by atoms with Gasteiger partial charge in [0.15, 0.2) is 0 Å². The highest BCUT2D eigenvalue weighted by atomic mass is 32.2. The monoisotopic (exact) mass is 295 g/mol. The van der Waals surface area contributed by atoms with Crippen molar-refractivity contribution in [3.63, 3.8) is 0 Å². The van der Waals surface area contributed by atoms with E-state index in [-0.39, 0.29) is 5.54 Å². The number of para-hydroxylation sites is 1. The van der Waals surface area contributed by atoms with Gasteiger partial charge >= 0.3 is 5.17 Å². The molecule has 2 rings (SSSR count). The molecule has 1 aromatic rings. The number of hydrogen-bond donors (Lipinski definition) is 2. The van der Waals surface area contributed by atoms with E-state index in [0.29, 0.717) is 15.9 Å². The van der Waals surface area contributed by atoms with E-state index < -0.39 is 11.2 Å². The third-order valence-corrected chi connectivity index (χ3v) is 4.75. The Morgan fingerprint density at radius 3 is 2.68 bits per heavy atom. The van der Waals surface area contributed by atoms with Crippen LogP contribution in [0.15, 0.2) is 29.3 Å². The fourth-order valence-corrected chi connectivity index (χ4v) is 3.22. The molecule has 0 bridgehead atoms. The molecule has 19 heavy (non-hydrogen) atoms. The van der Waals surface area contributed by atoms with Gasteiger partial charge in [-0.15, -0.1) is 0 Å². The molecule has 0 aliphatic carbocycles. The lowest BCUT2D eigenvalue weighted by Gasteiger charge is -2.19. The van der Waals surface area contributed by atoms with Gasteiger partial charge in [-0.25, -0.2) is 0 Å². The summed E-state index contributed by atoms with van der Waals surface area (Å²) in [5, 5.41) is 6.69. The number of aliphatic imine (C=N–C) groups is 1. The molecular weight excluding hydrogens is 278 g/mol. The predicted octanol–water partition coefficient (Wildman–Crippen LogP) is 2.04. The average Bonchev–Trinajstić information content (AvgIpc) is 2.64. The summed E-state index contributed by atoms with van der Waals surface area (Å²) in [5.41, 5.74) is 1.60. The fourth-order valence-electron chi connectivity index (χ4n) is 1.79. The molecule has 0 amide bonds. The van der Waals surface area contributed by atoms with E-state index in [1.165, 1.54) is 0 Å². The summed E-state index contributed by atoms with van der Waals surface area (Å²) in [7, 11) is 1.85. The lowest BCUT2D eigenvalue weighted by Crippen LogP contribution is -2.44. The third kappa shape index (κ3) is 3.08. The van der Waals surface area contributed by atoms with Crippen LogP contribution < -0.4 is 10.6 Å². The summed E-state index contributed by atoms with van der Waals surface area (Å²) < 4.78 is 12.3. The van der Waals surface area contributed by atoms with Gasteiger partial charge in [-0.1, -0.05) is 30.4 Å². The van der Waals surface area contributed by atoms with Gasteiger partial charge in [0.25, 0.3) is 0 Å². The Bertz CT molecular complexity index is 528. The summed E-state index contributed by atoms with van der Waals surface area (Å²) in [6, 6.07) is 7.81. The Labute approximate surface area is 121 Å². The fraction of sp³-hybridized carbons (Fsp3) is 0.385. The molecule has 0 saturated carbocycles. The average molecular weight is 295 g/mol. The molecule has 1 aliphatic rings. The molecule has 0 aromatic heterocycles. The SMILES string of the molecule is CNc1ccccc1C[S+]([O-])C1=NC(=S)C(C)(C)N1. The predicted molar refractivity (Wildman–Crippen MR) is 85.1 cm³/mol. The van der Waals surface area contributed by atoms with E-state index in [1.807, 2.05) is 45.2 Å². The number of benzene rings is 1. The number of nitrogens with one attached hydrogen (secondary N) is 2. The van der Waals surface area contributed by atoms with Crippen molar-refractivity contribution < 1.29 is 4.55 Å². The van der Waals surface area contributed by atoms with Crippen LogP contribution in [0.5, 0.6) is 0 Å². The first-order chi connectivity index (χ1) is 8.94. The summed E-state index contributed by atoms with van der Waals surface area (Å²) in [4.78, 5) is 4.76. The van der Waals surface area contributed by atoms with Crippen LogP contribution in [-0.4, -0.2) is 27.3 Å². The van der Waals surface area contributed by atoms with Gasteiger partial charge < -0.3 is 15.2 Å². The van der Waals surface area contributed by atoms with Crippen molar-refractivity contribution in [2.24, 2.45) is 4.99 Å². The van der Waals surface area contributed by atoms with Gasteiger partial charge in [0, 0.05) is 29.5 Å². The maximum absolute atomic E-state index is 12.3. The molecule has 4 nitrogen and oxygen atoms in total. The first kappa shape index (κ1) is 14.3. The lowest BCUT2D eigenvalue weighted by atomic mass is 10.1. The van der Waals surface area contributed by atoms with Gasteiger partial charge in [-0.2, -0.15) is 4.99 Å². The zero-order valence-corrected chi connectivity index (χ0v) is 12.8. The van der Waals surface area contributed by atoms with Crippen molar-refractivity contribution in [1.82, 2.24) is 5.32 Å². The molecular formula is C13H17N3OS2. The van der Waals surface area contributed by atoms with Gasteiger partial charge in [0.2, 0.25) is 0 Å². The van der Waals surface area contributed by atoms with Crippen LogP contribution in [0.1, 0.15) is 19.4 Å². The summed E-state index contributed by atoms with van der Waals surface area (Å²) in [5.74, 6) is 0.418. The van der Waals surface area contributed by atoms with Gasteiger partial charge in [0.1, 0.15) is 10.7 Å². The van der Waals surface area contributed by atoms with E-state index in [1.54, 1.807) is 0 Å². The van der Waals surface area contributed by atoms with Gasteiger partial charge in [-0.05, 0) is 19.9 Å². The van der Waals surface area contributed by atoms with Crippen LogP contribution >= 0.6 is 12.2 Å². The number of nitrogens with zero attached hydrogens (tertiary/aromatic N) is 1. The standard InChI is InChI=1S/C13H17N3OS2/c1-13(2)11(18)15-12(16-13)19(17)8-9-6-4-5-7-10(9)14-3/h4-7,14H,8H2,1-3H3,(H,15,16,18). The van der Waals surface area contributed by atoms with Crippen molar-refractivity contribution in [1.29, 1.82) is 0 Å². The Hall–Kier alpha value is -1.11. The Balaban J connectivity index is 2.12. The number of anilines is 1. The van der Waals surface area contributed by atoms with E-state index in [0.717, 1.165) is 11.3 Å². The number of rotatable bonds is 3. The third-order valence-electron chi connectivity index (χ3n) is 2.95. The molecule has 6 heteroatoms. The summed E-state index contributed by atoms with van der Waals surface area (Å²) >= 11 is 3.95. The van der Waals surface area contributed by atoms with Crippen molar-refractivity contribution in [2.75, 3.05) is 12.4 Å². The highest BCUT2D eigenvalue weighted by molar-refractivity contribution is 8.05. The van der Waals surface area contributed by atoms with Crippen molar-refractivity contribution >= 4 is 39.2 Å². The van der Waals surface area contributed by atoms with Crippen molar-refractivity contribution in [3.8, 4) is 0 Å². The van der Waals surface area contributed by atoms with Gasteiger partial charge in [-0.3, -0.25) is 0 Å². The molecule has 0 fully saturated rings. The van der Waals surface area contributed by atoms with Crippen molar-refractivity contribution in [3.05, 3.63) is 29.8 Å². The Kier molecular flexibility index (Phi) is 4.13. The molecule has 0 saturated heterocycles. The summed E-state index contributed by atoms with van der Waals surface area (Å²) in [6.07, 6.45) is 0. The molecule has 1 aromatic carbocycles. The minimum atomic E-state index is -1.21. The lowest BCUT2D eigenvalue weighted by molar-refractivity contribution is 0.598. The quantitative estimate of drug-likeness (QED) is 0.662. The smallest absolute Gasteiger partial charge is 0.318 e. The molecule has 0 spiro atoms. The molecule has 0 radical (unpaired) electrons. The summed E-state index contributed by atoms with van der Waals surface area (Å²) in [6.45, 7) is 3.87. The first-order valence-electron chi connectivity index (χ1n) is 5.99. The highest BCUT2D eigenvalue weighted by Crippen LogP contribution is 2.21. The Morgan fingerprint density at radius 2 is 2.11 bits per heavy atom. The first-order valence-corrected chi connectivity index (χ1v) is 7.72. The number of amidine groups is 1. The van der Waals surface area contributed by atoms with E-state index in [2.05, 4.69) is 15.6 Å². The second-order valence-corrected chi connectivity index (χ2v) is 6.62. The number of hydrogen-bond acceptors (Lipinski definition) is 4. The molecule has 1 aliphatic heterocycles. The zero-order valence-electron chi connectivity index (χ0n) is 11.2. The van der Waals surface area contributed by atoms with E-state index >= 15 is 0 Å². The maximum atomic E-state index is 12.3. The van der Waals surface area contributed by atoms with Crippen LogP contribution in [0, 0.1) is 0 Å². The molecule has 2 N–H and O–H groups in total. The minimum Gasteiger partial charge on any atom is -0.609 e. The van der Waals surface area contributed by atoms with E-state index in [9.17, 15) is 4.55 Å². The van der Waals surface area contributed by atoms with Crippen LogP contribution in [0.3, 0.4) is 0 Å². The molecule has 1 heterocycles. The van der Waals surface area contributed by atoms with Crippen LogP contribution in [0.4, 0.5) is 5.69 Å². The highest BCUT2D eigenvalue weighted by Gasteiger charge is 2.36. The van der Waals surface area contributed by atoms with Crippen LogP contribution in [0.2, 0.25) is 0 Å². The Morgan fingerprint density at radius 1 is 1.42 bits per heavy atom. The molecule has 102 valence electrons. The minimum absolute atomic E-state index is 0.386. The van der Waals surface area contributed by atoms with Crippen molar-refractivity contribution in [2.45, 2.75) is 25.1 Å². The number of thiocarbonyl (C=S) groups is 1. The zero-order chi connectivity index (χ0) is 14.0. The topological polar surface area (TPSA) is 59.5 Å². The largest absolute Gasteiger partial charge is 0.609 e. The maximum Gasteiger partial charge on any atom is 0.318 e. The van der Waals surface area contributed by atoms with Crippen LogP contribution in [0.25, 0.3) is 0 Å².